The number of aromatic nitrogens is 3. The third-order valence-corrected chi connectivity index (χ3v) is 5.55. The molecule has 0 bridgehead atoms. The molecule has 9 heteroatoms. The highest BCUT2D eigenvalue weighted by molar-refractivity contribution is 14.0. The number of nitrogens with zero attached hydrogens (tertiary/aromatic N) is 6. The number of hydrogen-bond acceptors (Lipinski definition) is 5. The Kier molecular flexibility index (Phi) is 9.35. The molecule has 0 aliphatic carbocycles. The maximum Gasteiger partial charge on any atom is 0.194 e. The number of piperazine rings is 1. The van der Waals surface area contributed by atoms with Crippen LogP contribution < -0.4 is 15.0 Å². The summed E-state index contributed by atoms with van der Waals surface area (Å²) in [5.74, 6) is 1.87. The van der Waals surface area contributed by atoms with Crippen LogP contribution in [0.25, 0.3) is 0 Å². The van der Waals surface area contributed by atoms with Crippen molar-refractivity contribution in [2.24, 2.45) is 4.99 Å². The van der Waals surface area contributed by atoms with Crippen molar-refractivity contribution in [2.75, 3.05) is 44.7 Å². The molecule has 0 amide bonds. The summed E-state index contributed by atoms with van der Waals surface area (Å²) in [6.45, 7) is 8.07. The lowest BCUT2D eigenvalue weighted by Crippen LogP contribution is -2.52. The lowest BCUT2D eigenvalue weighted by Gasteiger charge is -2.37. The summed E-state index contributed by atoms with van der Waals surface area (Å²) >= 11 is 0. The van der Waals surface area contributed by atoms with Gasteiger partial charge in [-0.1, -0.05) is 30.3 Å². The highest BCUT2D eigenvalue weighted by Gasteiger charge is 2.20. The van der Waals surface area contributed by atoms with E-state index in [-0.39, 0.29) is 24.0 Å². The Balaban J connectivity index is 0.00000306. The van der Waals surface area contributed by atoms with Crippen LogP contribution in [0.4, 0.5) is 5.69 Å². The van der Waals surface area contributed by atoms with E-state index in [1.54, 1.807) is 19.8 Å². The smallest absolute Gasteiger partial charge is 0.194 e. The van der Waals surface area contributed by atoms with Crippen LogP contribution in [0.1, 0.15) is 18.1 Å². The second-order valence-electron chi connectivity index (χ2n) is 7.76. The molecule has 8 nitrogen and oxygen atoms in total. The third kappa shape index (κ3) is 6.83. The van der Waals surface area contributed by atoms with Crippen LogP contribution in [0.15, 0.2) is 66.2 Å². The number of nitrogens with one attached hydrogen (secondary N) is 1. The third-order valence-electron chi connectivity index (χ3n) is 5.55. The van der Waals surface area contributed by atoms with E-state index in [9.17, 15) is 0 Å². The minimum absolute atomic E-state index is 0. The molecule has 1 N–H and O–H groups in total. The molecule has 2 heterocycles. The highest BCUT2D eigenvalue weighted by Crippen LogP contribution is 2.22. The number of methoxy groups -OCH3 is 1. The van der Waals surface area contributed by atoms with Crippen molar-refractivity contribution in [3.63, 3.8) is 0 Å². The summed E-state index contributed by atoms with van der Waals surface area (Å²) < 4.78 is 7.20. The summed E-state index contributed by atoms with van der Waals surface area (Å²) in [6.07, 6.45) is 3.30. The van der Waals surface area contributed by atoms with E-state index in [2.05, 4.69) is 68.5 Å². The molecule has 4 rings (SSSR count). The minimum atomic E-state index is 0. The predicted molar refractivity (Wildman–Crippen MR) is 143 cm³/mol. The first-order chi connectivity index (χ1) is 15.7. The van der Waals surface area contributed by atoms with Crippen LogP contribution in [0.5, 0.6) is 5.75 Å². The van der Waals surface area contributed by atoms with Gasteiger partial charge in [-0.05, 0) is 30.2 Å². The fourth-order valence-corrected chi connectivity index (χ4v) is 3.90. The lowest BCUT2D eigenvalue weighted by atomic mass is 10.1. The van der Waals surface area contributed by atoms with E-state index < -0.39 is 0 Å². The quantitative estimate of drug-likeness (QED) is 0.272. The Morgan fingerprint density at radius 3 is 2.58 bits per heavy atom. The van der Waals surface area contributed by atoms with Gasteiger partial charge in [0.15, 0.2) is 5.96 Å². The molecule has 2 aromatic carbocycles. The maximum absolute atomic E-state index is 5.37. The molecule has 3 aromatic rings. The van der Waals surface area contributed by atoms with Gasteiger partial charge in [0.25, 0.3) is 0 Å². The van der Waals surface area contributed by atoms with Crippen LogP contribution in [0.2, 0.25) is 0 Å². The molecule has 0 saturated carbocycles. The van der Waals surface area contributed by atoms with E-state index >= 15 is 0 Å². The molecule has 0 unspecified atom stereocenters. The van der Waals surface area contributed by atoms with Crippen molar-refractivity contribution >= 4 is 35.6 Å². The van der Waals surface area contributed by atoms with E-state index in [1.807, 2.05) is 16.8 Å². The number of halogens is 1. The van der Waals surface area contributed by atoms with E-state index in [0.29, 0.717) is 13.1 Å². The molecule has 0 radical (unpaired) electrons. The molecule has 1 saturated heterocycles. The molecule has 1 aliphatic heterocycles. The topological polar surface area (TPSA) is 70.8 Å². The number of benzene rings is 2. The van der Waals surface area contributed by atoms with Crippen LogP contribution in [-0.4, -0.2) is 65.5 Å². The first kappa shape index (κ1) is 24.8. The molecule has 1 aliphatic rings. The first-order valence-corrected chi connectivity index (χ1v) is 11.1. The normalized spacial score (nSPS) is 14.1. The number of anilines is 1. The molecule has 0 atom stereocenters. The van der Waals surface area contributed by atoms with E-state index in [1.165, 1.54) is 16.8 Å². The monoisotopic (exact) mass is 561 g/mol. The molecule has 1 aromatic heterocycles. The lowest BCUT2D eigenvalue weighted by molar-refractivity contribution is 0.372. The van der Waals surface area contributed by atoms with Gasteiger partial charge in [0.2, 0.25) is 0 Å². The van der Waals surface area contributed by atoms with Gasteiger partial charge in [-0.2, -0.15) is 5.10 Å². The molecule has 0 spiro atoms. The number of aliphatic imine (C=N–C) groups is 1. The Labute approximate surface area is 212 Å². The van der Waals surface area contributed by atoms with E-state index in [4.69, 9.17) is 9.73 Å². The van der Waals surface area contributed by atoms with Gasteiger partial charge >= 0.3 is 0 Å². The van der Waals surface area contributed by atoms with Crippen LogP contribution in [-0.2, 0) is 13.1 Å². The van der Waals surface area contributed by atoms with Crippen molar-refractivity contribution in [3.8, 4) is 5.75 Å². The Morgan fingerprint density at radius 1 is 1.06 bits per heavy atom. The van der Waals surface area contributed by atoms with E-state index in [0.717, 1.165) is 44.4 Å². The maximum atomic E-state index is 5.37. The predicted octanol–water partition coefficient (Wildman–Crippen LogP) is 3.24. The molecule has 33 heavy (non-hydrogen) atoms. The largest absolute Gasteiger partial charge is 0.497 e. The highest BCUT2D eigenvalue weighted by atomic mass is 127. The Hall–Kier alpha value is -2.82. The molecule has 1 fully saturated rings. The van der Waals surface area contributed by atoms with Crippen molar-refractivity contribution < 1.29 is 4.74 Å². The fourth-order valence-electron chi connectivity index (χ4n) is 3.90. The number of hydrogen-bond donors (Lipinski definition) is 1. The van der Waals surface area contributed by atoms with Gasteiger partial charge in [0.05, 0.1) is 20.2 Å². The second kappa shape index (κ2) is 12.4. The standard InChI is InChI=1S/C24H31N7O.HI/c1-3-26-24(27-16-20-6-4-7-21(14-20)17-31-19-25-18-28-31)30-12-10-29(11-13-30)22-8-5-9-23(15-22)32-2;/h4-9,14-15,18-19H,3,10-13,16-17H2,1-2H3,(H,26,27);1H. The van der Waals surface area contributed by atoms with Crippen molar-refractivity contribution in [2.45, 2.75) is 20.0 Å². The SMILES string of the molecule is CCNC(=NCc1cccc(Cn2cncn2)c1)N1CCN(c2cccc(OC)c2)CC1.I. The van der Waals surface area contributed by atoms with Gasteiger partial charge in [-0.15, -0.1) is 24.0 Å². The summed E-state index contributed by atoms with van der Waals surface area (Å²) in [7, 11) is 1.71. The van der Waals surface area contributed by atoms with Crippen molar-refractivity contribution in [1.29, 1.82) is 0 Å². The summed E-state index contributed by atoms with van der Waals surface area (Å²) in [5.41, 5.74) is 3.59. The number of guanidine groups is 1. The van der Waals surface area contributed by atoms with Crippen molar-refractivity contribution in [1.82, 2.24) is 25.0 Å². The number of rotatable bonds is 7. The zero-order valence-electron chi connectivity index (χ0n) is 19.2. The van der Waals surface area contributed by atoms with Crippen LogP contribution >= 0.6 is 24.0 Å². The average Bonchev–Trinajstić information content (AvgIpc) is 3.35. The van der Waals surface area contributed by atoms with Gasteiger partial charge in [-0.25, -0.2) is 14.7 Å². The Bertz CT molecular complexity index is 1020. The average molecular weight is 561 g/mol. The molecule has 176 valence electrons. The summed E-state index contributed by atoms with van der Waals surface area (Å²) in [6, 6.07) is 16.8. The minimum Gasteiger partial charge on any atom is -0.497 e. The zero-order valence-corrected chi connectivity index (χ0v) is 21.6. The second-order valence-corrected chi connectivity index (χ2v) is 7.76. The van der Waals surface area contributed by atoms with Gasteiger partial charge < -0.3 is 19.9 Å². The van der Waals surface area contributed by atoms with Gasteiger partial charge in [-0.3, -0.25) is 0 Å². The number of ether oxygens (including phenoxy) is 1. The van der Waals surface area contributed by atoms with Gasteiger partial charge in [0.1, 0.15) is 18.4 Å². The van der Waals surface area contributed by atoms with Gasteiger partial charge in [0, 0.05) is 44.5 Å². The zero-order chi connectivity index (χ0) is 22.2. The molecular formula is C24H32IN7O. The fraction of sp³-hybridized carbons (Fsp3) is 0.375. The van der Waals surface area contributed by atoms with Crippen LogP contribution in [0.3, 0.4) is 0 Å². The molecular weight excluding hydrogens is 529 g/mol. The summed E-state index contributed by atoms with van der Waals surface area (Å²) in [4.78, 5) is 13.7. The van der Waals surface area contributed by atoms with Crippen molar-refractivity contribution in [3.05, 3.63) is 72.3 Å². The van der Waals surface area contributed by atoms with Crippen LogP contribution in [0, 0.1) is 0 Å². The summed E-state index contributed by atoms with van der Waals surface area (Å²) in [5, 5.41) is 7.65. The first-order valence-electron chi connectivity index (χ1n) is 11.1. The Morgan fingerprint density at radius 2 is 1.85 bits per heavy atom.